The molecule has 0 aromatic heterocycles. The van der Waals surface area contributed by atoms with Crippen molar-refractivity contribution < 1.29 is 14.3 Å². The van der Waals surface area contributed by atoms with Crippen LogP contribution in [-0.2, 0) is 9.59 Å². The molecule has 0 fully saturated rings. The Morgan fingerprint density at radius 1 is 1.23 bits per heavy atom. The molecule has 0 saturated heterocycles. The molecule has 6 heteroatoms. The van der Waals surface area contributed by atoms with Crippen LogP contribution in [0.25, 0.3) is 0 Å². The molecule has 116 valence electrons. The number of allylic oxidation sites excluding steroid dienone is 1. The molecule has 1 aromatic rings. The van der Waals surface area contributed by atoms with E-state index in [-0.39, 0.29) is 11.7 Å². The highest BCUT2D eigenvalue weighted by atomic mass is 32.1. The molecule has 0 bridgehead atoms. The molecule has 1 N–H and O–H groups in total. The zero-order valence-electron chi connectivity index (χ0n) is 13.0. The molecule has 2 rings (SSSR count). The highest BCUT2D eigenvalue weighted by molar-refractivity contribution is 7.80. The number of carbonyl (C=O) groups excluding carboxylic acids is 2. The number of rotatable bonds is 3. The normalized spacial score (nSPS) is 18.1. The van der Waals surface area contributed by atoms with Crippen LogP contribution in [0, 0.1) is 0 Å². The van der Waals surface area contributed by atoms with Crippen molar-refractivity contribution in [3.05, 3.63) is 41.1 Å². The van der Waals surface area contributed by atoms with Gasteiger partial charge >= 0.3 is 0 Å². The van der Waals surface area contributed by atoms with Crippen molar-refractivity contribution in [1.29, 1.82) is 0 Å². The second kappa shape index (κ2) is 6.27. The zero-order valence-corrected chi connectivity index (χ0v) is 13.8. The Morgan fingerprint density at radius 3 is 2.27 bits per heavy atom. The number of thiocarbonyl (C=S) groups is 1. The number of Topliss-reactive ketones (excluding diaryl/α,β-unsaturated/α-hetero) is 1. The third kappa shape index (κ3) is 2.87. The number of ketones is 1. The van der Waals surface area contributed by atoms with Crippen LogP contribution in [0.1, 0.15) is 32.4 Å². The molecular weight excluding hydrogens is 300 g/mol. The van der Waals surface area contributed by atoms with E-state index in [1.54, 1.807) is 26.2 Å². The Hall–Kier alpha value is -2.21. The average Bonchev–Trinajstić information content (AvgIpc) is 2.45. The summed E-state index contributed by atoms with van der Waals surface area (Å²) in [6.07, 6.45) is 0. The van der Waals surface area contributed by atoms with Crippen LogP contribution in [0.15, 0.2) is 35.5 Å². The van der Waals surface area contributed by atoms with Gasteiger partial charge in [0.2, 0.25) is 5.91 Å². The molecule has 1 aliphatic rings. The third-order valence-electron chi connectivity index (χ3n) is 3.60. The van der Waals surface area contributed by atoms with Crippen LogP contribution in [0.2, 0.25) is 0 Å². The second-order valence-electron chi connectivity index (χ2n) is 5.09. The Morgan fingerprint density at radius 2 is 1.82 bits per heavy atom. The molecule has 1 atom stereocenters. The lowest BCUT2D eigenvalue weighted by Gasteiger charge is -2.38. The number of nitrogens with one attached hydrogen (secondary N) is 1. The summed E-state index contributed by atoms with van der Waals surface area (Å²) in [5.74, 6) is 0.392. The zero-order chi connectivity index (χ0) is 16.4. The van der Waals surface area contributed by atoms with Gasteiger partial charge in [0.25, 0.3) is 0 Å². The van der Waals surface area contributed by atoms with Gasteiger partial charge in [0.15, 0.2) is 10.9 Å². The molecule has 0 spiro atoms. The van der Waals surface area contributed by atoms with Gasteiger partial charge in [-0.25, -0.2) is 0 Å². The van der Waals surface area contributed by atoms with Crippen LogP contribution in [0.4, 0.5) is 0 Å². The minimum absolute atomic E-state index is 0.0976. The van der Waals surface area contributed by atoms with Gasteiger partial charge < -0.3 is 10.1 Å². The molecule has 1 amide bonds. The van der Waals surface area contributed by atoms with E-state index in [1.807, 2.05) is 12.1 Å². The van der Waals surface area contributed by atoms with Gasteiger partial charge in [-0.1, -0.05) is 12.1 Å². The van der Waals surface area contributed by atoms with Crippen LogP contribution < -0.4 is 10.1 Å². The van der Waals surface area contributed by atoms with E-state index >= 15 is 0 Å². The molecule has 0 radical (unpaired) electrons. The first-order valence-electron chi connectivity index (χ1n) is 6.83. The number of hydrogen-bond donors (Lipinski definition) is 1. The summed E-state index contributed by atoms with van der Waals surface area (Å²) in [7, 11) is 1.58. The first kappa shape index (κ1) is 16.2. The Balaban J connectivity index is 2.60. The molecule has 0 unspecified atom stereocenters. The summed E-state index contributed by atoms with van der Waals surface area (Å²) >= 11 is 5.27. The fourth-order valence-corrected chi connectivity index (χ4v) is 3.01. The van der Waals surface area contributed by atoms with Crippen molar-refractivity contribution in [3.63, 3.8) is 0 Å². The Bertz CT molecular complexity index is 664. The van der Waals surface area contributed by atoms with E-state index in [0.29, 0.717) is 22.1 Å². The van der Waals surface area contributed by atoms with Crippen molar-refractivity contribution in [2.45, 2.75) is 26.8 Å². The summed E-state index contributed by atoms with van der Waals surface area (Å²) in [5.41, 5.74) is 2.02. The van der Waals surface area contributed by atoms with Crippen molar-refractivity contribution in [3.8, 4) is 5.75 Å². The van der Waals surface area contributed by atoms with Gasteiger partial charge in [-0.3, -0.25) is 14.5 Å². The van der Waals surface area contributed by atoms with Gasteiger partial charge in [-0.2, -0.15) is 0 Å². The summed E-state index contributed by atoms with van der Waals surface area (Å²) in [6.45, 7) is 4.71. The molecule has 0 saturated carbocycles. The second-order valence-corrected chi connectivity index (χ2v) is 5.48. The van der Waals surface area contributed by atoms with Crippen LogP contribution in [0.5, 0.6) is 5.75 Å². The highest BCUT2D eigenvalue weighted by Gasteiger charge is 2.36. The topological polar surface area (TPSA) is 58.6 Å². The maximum Gasteiger partial charge on any atom is 0.226 e. The predicted molar refractivity (Wildman–Crippen MR) is 87.4 cm³/mol. The lowest BCUT2D eigenvalue weighted by molar-refractivity contribution is -0.126. The van der Waals surface area contributed by atoms with Gasteiger partial charge in [0.1, 0.15) is 5.75 Å². The number of benzene rings is 1. The largest absolute Gasteiger partial charge is 0.497 e. The molecule has 0 aliphatic carbocycles. The third-order valence-corrected chi connectivity index (χ3v) is 3.90. The van der Waals surface area contributed by atoms with Gasteiger partial charge in [0, 0.05) is 18.2 Å². The van der Waals surface area contributed by atoms with E-state index in [2.05, 4.69) is 5.32 Å². The number of hydrogen-bond acceptors (Lipinski definition) is 4. The lowest BCUT2D eigenvalue weighted by Crippen LogP contribution is -2.50. The summed E-state index contributed by atoms with van der Waals surface area (Å²) in [6, 6.07) is 6.75. The Labute approximate surface area is 134 Å². The molecule has 5 nitrogen and oxygen atoms in total. The monoisotopic (exact) mass is 318 g/mol. The molecule has 1 aromatic carbocycles. The maximum atomic E-state index is 12.1. The molecule has 1 aliphatic heterocycles. The number of ether oxygens (including phenoxy) is 1. The number of amides is 1. The minimum atomic E-state index is -0.519. The van der Waals surface area contributed by atoms with E-state index < -0.39 is 6.04 Å². The number of carbonyl (C=O) groups is 2. The van der Waals surface area contributed by atoms with Crippen molar-refractivity contribution >= 4 is 29.0 Å². The average molecular weight is 318 g/mol. The van der Waals surface area contributed by atoms with E-state index in [0.717, 1.165) is 5.56 Å². The number of methoxy groups -OCH3 is 1. The standard InChI is InChI=1S/C16H18N2O3S/c1-9-14(10(2)19)15(18(11(3)20)16(22)17-9)12-5-7-13(21-4)8-6-12/h5-8,15H,1-4H3,(H,17,22)/t15-/m1/s1. The number of nitrogens with zero attached hydrogens (tertiary/aromatic N) is 1. The minimum Gasteiger partial charge on any atom is -0.497 e. The van der Waals surface area contributed by atoms with Crippen molar-refractivity contribution in [2.75, 3.05) is 7.11 Å². The van der Waals surface area contributed by atoms with Crippen molar-refractivity contribution in [1.82, 2.24) is 10.2 Å². The maximum absolute atomic E-state index is 12.1. The van der Waals surface area contributed by atoms with Gasteiger partial charge in [-0.05, 0) is 43.8 Å². The fraction of sp³-hybridized carbons (Fsp3) is 0.312. The molecule has 22 heavy (non-hydrogen) atoms. The smallest absolute Gasteiger partial charge is 0.226 e. The highest BCUT2D eigenvalue weighted by Crippen LogP contribution is 2.34. The van der Waals surface area contributed by atoms with Gasteiger partial charge in [-0.15, -0.1) is 0 Å². The summed E-state index contributed by atoms with van der Waals surface area (Å²) in [4.78, 5) is 25.5. The molecule has 1 heterocycles. The van der Waals surface area contributed by atoms with Crippen molar-refractivity contribution in [2.24, 2.45) is 0 Å². The first-order chi connectivity index (χ1) is 10.4. The Kier molecular flexibility index (Phi) is 4.61. The van der Waals surface area contributed by atoms with E-state index in [1.165, 1.54) is 18.7 Å². The first-order valence-corrected chi connectivity index (χ1v) is 7.24. The predicted octanol–water partition coefficient (Wildman–Crippen LogP) is 2.34. The fourth-order valence-electron chi connectivity index (χ4n) is 2.62. The molecular formula is C16H18N2O3S. The van der Waals surface area contributed by atoms with Crippen LogP contribution in [-0.4, -0.2) is 28.8 Å². The van der Waals surface area contributed by atoms with Crippen LogP contribution in [0.3, 0.4) is 0 Å². The SMILES string of the molecule is COc1ccc([C@@H]2C(C(C)=O)=C(C)NC(=S)N2C(C)=O)cc1. The quantitative estimate of drug-likeness (QED) is 0.867. The lowest BCUT2D eigenvalue weighted by atomic mass is 9.91. The summed E-state index contributed by atoms with van der Waals surface area (Å²) in [5, 5.41) is 3.24. The summed E-state index contributed by atoms with van der Waals surface area (Å²) < 4.78 is 5.15. The van der Waals surface area contributed by atoms with E-state index in [4.69, 9.17) is 17.0 Å². The van der Waals surface area contributed by atoms with Gasteiger partial charge in [0.05, 0.1) is 13.2 Å². The van der Waals surface area contributed by atoms with Crippen LogP contribution >= 0.6 is 12.2 Å². The van der Waals surface area contributed by atoms with E-state index in [9.17, 15) is 9.59 Å².